The number of rotatable bonds is 7. The molecule has 0 bridgehead atoms. The van der Waals surface area contributed by atoms with Crippen LogP contribution in [0.15, 0.2) is 0 Å². The van der Waals surface area contributed by atoms with Crippen molar-refractivity contribution >= 4 is 9.84 Å². The molecule has 14 heavy (non-hydrogen) atoms. The third kappa shape index (κ3) is 8.51. The van der Waals surface area contributed by atoms with Gasteiger partial charge in [0, 0.05) is 18.6 Å². The van der Waals surface area contributed by atoms with E-state index in [1.54, 1.807) is 0 Å². The van der Waals surface area contributed by atoms with Crippen molar-refractivity contribution in [2.24, 2.45) is 5.41 Å². The highest BCUT2D eigenvalue weighted by Crippen LogP contribution is 2.21. The first-order chi connectivity index (χ1) is 6.27. The van der Waals surface area contributed by atoms with Gasteiger partial charge in [-0.1, -0.05) is 20.8 Å². The summed E-state index contributed by atoms with van der Waals surface area (Å²) < 4.78 is 21.8. The fourth-order valence-electron chi connectivity index (χ4n) is 1.36. The van der Waals surface area contributed by atoms with Gasteiger partial charge in [0.1, 0.15) is 9.84 Å². The number of hydrogen-bond donors (Lipinski definition) is 1. The maximum Gasteiger partial charge on any atom is 0.147 e. The number of nitrogens with one attached hydrogen (secondary N) is 1. The van der Waals surface area contributed by atoms with Gasteiger partial charge in [0.05, 0.1) is 0 Å². The van der Waals surface area contributed by atoms with Crippen LogP contribution >= 0.6 is 0 Å². The summed E-state index contributed by atoms with van der Waals surface area (Å²) in [5, 5.41) is 3.29. The molecule has 0 radical (unpaired) electrons. The van der Waals surface area contributed by atoms with Crippen molar-refractivity contribution in [3.8, 4) is 0 Å². The van der Waals surface area contributed by atoms with E-state index in [1.165, 1.54) is 6.26 Å². The molecule has 0 amide bonds. The second-order valence-corrected chi connectivity index (χ2v) is 6.94. The maximum atomic E-state index is 10.9. The lowest BCUT2D eigenvalue weighted by molar-refractivity contribution is 0.314. The Labute approximate surface area is 88.2 Å². The molecule has 3 nitrogen and oxygen atoms in total. The van der Waals surface area contributed by atoms with Crippen LogP contribution in [0.2, 0.25) is 0 Å². The molecule has 86 valence electrons. The van der Waals surface area contributed by atoms with Crippen molar-refractivity contribution in [3.63, 3.8) is 0 Å². The Hall–Kier alpha value is -0.0900. The van der Waals surface area contributed by atoms with Crippen LogP contribution in [0.25, 0.3) is 0 Å². The van der Waals surface area contributed by atoms with Crippen LogP contribution in [0.5, 0.6) is 0 Å². The molecule has 0 aromatic carbocycles. The second kappa shape index (κ2) is 5.71. The zero-order valence-corrected chi connectivity index (χ0v) is 10.6. The van der Waals surface area contributed by atoms with Crippen LogP contribution in [-0.2, 0) is 9.84 Å². The molecule has 0 aromatic rings. The van der Waals surface area contributed by atoms with Gasteiger partial charge in [-0.3, -0.25) is 0 Å². The first kappa shape index (κ1) is 13.9. The Morgan fingerprint density at radius 2 is 1.86 bits per heavy atom. The molecule has 0 saturated carbocycles. The summed E-state index contributed by atoms with van der Waals surface area (Å²) >= 11 is 0. The summed E-state index contributed by atoms with van der Waals surface area (Å²) in [6, 6.07) is 0. The minimum atomic E-state index is -2.79. The SMILES string of the molecule is CCNCC(C)(C)CCCS(C)(=O)=O. The van der Waals surface area contributed by atoms with Gasteiger partial charge in [0.2, 0.25) is 0 Å². The predicted octanol–water partition coefficient (Wildman–Crippen LogP) is 1.45. The van der Waals surface area contributed by atoms with Crippen molar-refractivity contribution < 1.29 is 8.42 Å². The largest absolute Gasteiger partial charge is 0.316 e. The monoisotopic (exact) mass is 221 g/mol. The molecule has 1 N–H and O–H groups in total. The fraction of sp³-hybridized carbons (Fsp3) is 1.00. The highest BCUT2D eigenvalue weighted by atomic mass is 32.2. The second-order valence-electron chi connectivity index (χ2n) is 4.68. The van der Waals surface area contributed by atoms with E-state index < -0.39 is 9.84 Å². The maximum absolute atomic E-state index is 10.9. The van der Waals surface area contributed by atoms with Gasteiger partial charge in [-0.25, -0.2) is 8.42 Å². The Morgan fingerprint density at radius 1 is 1.29 bits per heavy atom. The van der Waals surface area contributed by atoms with E-state index in [0.717, 1.165) is 25.9 Å². The molecule has 0 aromatic heterocycles. The lowest BCUT2D eigenvalue weighted by atomic mass is 9.88. The van der Waals surface area contributed by atoms with Crippen LogP contribution in [-0.4, -0.2) is 33.5 Å². The molecule has 0 aliphatic heterocycles. The Bertz CT molecular complexity index is 245. The van der Waals surface area contributed by atoms with E-state index in [9.17, 15) is 8.42 Å². The molecule has 0 atom stereocenters. The van der Waals surface area contributed by atoms with Crippen LogP contribution < -0.4 is 5.32 Å². The average Bonchev–Trinajstić information content (AvgIpc) is 1.98. The van der Waals surface area contributed by atoms with E-state index >= 15 is 0 Å². The van der Waals surface area contributed by atoms with E-state index in [2.05, 4.69) is 26.1 Å². The van der Waals surface area contributed by atoms with Crippen LogP contribution in [0, 0.1) is 5.41 Å². The van der Waals surface area contributed by atoms with Gasteiger partial charge >= 0.3 is 0 Å². The standard InChI is InChI=1S/C10H23NO2S/c1-5-11-9-10(2,3)7-6-8-14(4,12)13/h11H,5-9H2,1-4H3. The van der Waals surface area contributed by atoms with Gasteiger partial charge in [0.15, 0.2) is 0 Å². The van der Waals surface area contributed by atoms with Crippen molar-refractivity contribution in [1.82, 2.24) is 5.32 Å². The van der Waals surface area contributed by atoms with Gasteiger partial charge in [-0.2, -0.15) is 0 Å². The van der Waals surface area contributed by atoms with Gasteiger partial charge in [-0.15, -0.1) is 0 Å². The molecule has 0 heterocycles. The lowest BCUT2D eigenvalue weighted by Gasteiger charge is -2.24. The molecule has 0 rings (SSSR count). The Kier molecular flexibility index (Phi) is 5.67. The van der Waals surface area contributed by atoms with Crippen LogP contribution in [0.4, 0.5) is 0 Å². The summed E-state index contributed by atoms with van der Waals surface area (Å²) in [6.45, 7) is 8.32. The minimum absolute atomic E-state index is 0.195. The van der Waals surface area contributed by atoms with Crippen LogP contribution in [0.1, 0.15) is 33.6 Å². The topological polar surface area (TPSA) is 46.2 Å². The van der Waals surface area contributed by atoms with Crippen molar-refractivity contribution in [2.75, 3.05) is 25.1 Å². The fourth-order valence-corrected chi connectivity index (χ4v) is 2.03. The summed E-state index contributed by atoms with van der Waals surface area (Å²) in [5.74, 6) is 0.308. The minimum Gasteiger partial charge on any atom is -0.316 e. The molecule has 0 spiro atoms. The molecular weight excluding hydrogens is 198 g/mol. The average molecular weight is 221 g/mol. The highest BCUT2D eigenvalue weighted by Gasteiger charge is 2.17. The molecule has 0 aliphatic rings. The van der Waals surface area contributed by atoms with E-state index in [0.29, 0.717) is 5.75 Å². The smallest absolute Gasteiger partial charge is 0.147 e. The number of hydrogen-bond acceptors (Lipinski definition) is 3. The van der Waals surface area contributed by atoms with E-state index in [1.807, 2.05) is 0 Å². The zero-order chi connectivity index (χ0) is 11.2. The van der Waals surface area contributed by atoms with Crippen molar-refractivity contribution in [2.45, 2.75) is 33.6 Å². The van der Waals surface area contributed by atoms with Gasteiger partial charge in [-0.05, 0) is 24.8 Å². The molecule has 4 heteroatoms. The third-order valence-corrected chi connectivity index (χ3v) is 3.25. The van der Waals surface area contributed by atoms with Gasteiger partial charge < -0.3 is 5.32 Å². The number of sulfone groups is 1. The molecular formula is C10H23NO2S. The zero-order valence-electron chi connectivity index (χ0n) is 9.76. The predicted molar refractivity (Wildman–Crippen MR) is 61.3 cm³/mol. The highest BCUT2D eigenvalue weighted by molar-refractivity contribution is 7.90. The molecule has 0 saturated heterocycles. The quantitative estimate of drug-likeness (QED) is 0.708. The molecule has 0 unspecified atom stereocenters. The molecule has 0 fully saturated rings. The van der Waals surface area contributed by atoms with Crippen molar-refractivity contribution in [3.05, 3.63) is 0 Å². The summed E-state index contributed by atoms with van der Waals surface area (Å²) in [5.41, 5.74) is 0.195. The molecule has 0 aliphatic carbocycles. The van der Waals surface area contributed by atoms with E-state index in [-0.39, 0.29) is 5.41 Å². The lowest BCUT2D eigenvalue weighted by Crippen LogP contribution is -2.29. The van der Waals surface area contributed by atoms with E-state index in [4.69, 9.17) is 0 Å². The summed E-state index contributed by atoms with van der Waals surface area (Å²) in [7, 11) is -2.79. The first-order valence-electron chi connectivity index (χ1n) is 5.15. The first-order valence-corrected chi connectivity index (χ1v) is 7.21. The van der Waals surface area contributed by atoms with Gasteiger partial charge in [0.25, 0.3) is 0 Å². The normalized spacial score (nSPS) is 13.1. The van der Waals surface area contributed by atoms with Crippen LogP contribution in [0.3, 0.4) is 0 Å². The third-order valence-electron chi connectivity index (χ3n) is 2.22. The Balaban J connectivity index is 3.76. The summed E-state index contributed by atoms with van der Waals surface area (Å²) in [4.78, 5) is 0. The van der Waals surface area contributed by atoms with Crippen molar-refractivity contribution in [1.29, 1.82) is 0 Å². The summed E-state index contributed by atoms with van der Waals surface area (Å²) in [6.07, 6.45) is 3.01. The Morgan fingerprint density at radius 3 is 2.29 bits per heavy atom.